The van der Waals surface area contributed by atoms with Crippen LogP contribution in [0.4, 0.5) is 0 Å². The molecule has 1 heterocycles. The molecule has 0 aliphatic carbocycles. The third-order valence-corrected chi connectivity index (χ3v) is 2.61. The standard InChI is InChI=1S/C12H14N2O/c1-8(2)9-4-5-10-11(6-9)13-7-14(3)12(10)15/h4-8H,1-3H3. The van der Waals surface area contributed by atoms with Crippen LogP contribution < -0.4 is 5.56 Å². The van der Waals surface area contributed by atoms with Gasteiger partial charge in [0.05, 0.1) is 17.2 Å². The highest BCUT2D eigenvalue weighted by molar-refractivity contribution is 5.78. The van der Waals surface area contributed by atoms with Crippen molar-refractivity contribution in [3.05, 3.63) is 40.4 Å². The van der Waals surface area contributed by atoms with Crippen LogP contribution in [0.1, 0.15) is 25.3 Å². The number of aromatic nitrogens is 2. The van der Waals surface area contributed by atoms with E-state index in [1.807, 2.05) is 18.2 Å². The number of nitrogens with zero attached hydrogens (tertiary/aromatic N) is 2. The van der Waals surface area contributed by atoms with E-state index in [0.717, 1.165) is 5.52 Å². The lowest BCUT2D eigenvalue weighted by atomic mass is 10.0. The Morgan fingerprint density at radius 1 is 1.33 bits per heavy atom. The molecule has 1 aromatic heterocycles. The smallest absolute Gasteiger partial charge is 0.260 e. The molecule has 0 aliphatic heterocycles. The van der Waals surface area contributed by atoms with Gasteiger partial charge in [0.1, 0.15) is 0 Å². The van der Waals surface area contributed by atoms with Crippen LogP contribution in [0.3, 0.4) is 0 Å². The van der Waals surface area contributed by atoms with Crippen molar-refractivity contribution in [2.45, 2.75) is 19.8 Å². The molecule has 0 saturated heterocycles. The topological polar surface area (TPSA) is 34.9 Å². The second-order valence-corrected chi connectivity index (χ2v) is 4.09. The molecule has 0 atom stereocenters. The number of aryl methyl sites for hydroxylation is 1. The molecule has 0 amide bonds. The Labute approximate surface area is 88.4 Å². The summed E-state index contributed by atoms with van der Waals surface area (Å²) in [5.41, 5.74) is 2.00. The summed E-state index contributed by atoms with van der Waals surface area (Å²) in [5.74, 6) is 0.459. The molecule has 0 bridgehead atoms. The lowest BCUT2D eigenvalue weighted by Crippen LogP contribution is -2.16. The van der Waals surface area contributed by atoms with Gasteiger partial charge in [-0.1, -0.05) is 19.9 Å². The monoisotopic (exact) mass is 202 g/mol. The fraction of sp³-hybridized carbons (Fsp3) is 0.333. The maximum absolute atomic E-state index is 11.7. The van der Waals surface area contributed by atoms with Crippen molar-refractivity contribution >= 4 is 10.9 Å². The Bertz CT molecular complexity index is 555. The summed E-state index contributed by atoms with van der Waals surface area (Å²) in [7, 11) is 1.71. The normalized spacial score (nSPS) is 11.2. The van der Waals surface area contributed by atoms with Crippen molar-refractivity contribution in [2.75, 3.05) is 0 Å². The molecule has 2 aromatic rings. The van der Waals surface area contributed by atoms with Gasteiger partial charge < -0.3 is 4.57 Å². The number of fused-ring (bicyclic) bond motifs is 1. The highest BCUT2D eigenvalue weighted by Crippen LogP contribution is 2.17. The average molecular weight is 202 g/mol. The maximum atomic E-state index is 11.7. The molecule has 0 N–H and O–H groups in total. The van der Waals surface area contributed by atoms with Gasteiger partial charge in [-0.25, -0.2) is 4.98 Å². The first-order valence-electron chi connectivity index (χ1n) is 5.05. The number of hydrogen-bond donors (Lipinski definition) is 0. The Balaban J connectivity index is 2.76. The molecule has 2 rings (SSSR count). The zero-order valence-electron chi connectivity index (χ0n) is 9.19. The van der Waals surface area contributed by atoms with Gasteiger partial charge >= 0.3 is 0 Å². The van der Waals surface area contributed by atoms with E-state index in [-0.39, 0.29) is 5.56 Å². The molecule has 0 radical (unpaired) electrons. The van der Waals surface area contributed by atoms with Crippen LogP contribution in [-0.4, -0.2) is 9.55 Å². The van der Waals surface area contributed by atoms with Gasteiger partial charge in [-0.2, -0.15) is 0 Å². The molecule has 0 fully saturated rings. The lowest BCUT2D eigenvalue weighted by molar-refractivity contribution is 0.839. The van der Waals surface area contributed by atoms with Crippen LogP contribution >= 0.6 is 0 Å². The summed E-state index contributed by atoms with van der Waals surface area (Å²) in [6, 6.07) is 5.84. The number of rotatable bonds is 1. The molecule has 0 aliphatic rings. The SMILES string of the molecule is CC(C)c1ccc2c(=O)n(C)cnc2c1. The largest absolute Gasteiger partial charge is 0.302 e. The fourth-order valence-corrected chi connectivity index (χ4v) is 1.59. The molecular formula is C12H14N2O. The van der Waals surface area contributed by atoms with E-state index >= 15 is 0 Å². The molecule has 0 spiro atoms. The van der Waals surface area contributed by atoms with Gasteiger partial charge in [-0.05, 0) is 23.6 Å². The summed E-state index contributed by atoms with van der Waals surface area (Å²) in [6.45, 7) is 4.25. The summed E-state index contributed by atoms with van der Waals surface area (Å²) < 4.78 is 1.50. The van der Waals surface area contributed by atoms with Crippen LogP contribution in [0.25, 0.3) is 10.9 Å². The third kappa shape index (κ3) is 1.65. The number of hydrogen-bond acceptors (Lipinski definition) is 2. The molecule has 15 heavy (non-hydrogen) atoms. The van der Waals surface area contributed by atoms with Gasteiger partial charge in [0.2, 0.25) is 0 Å². The zero-order valence-corrected chi connectivity index (χ0v) is 9.19. The molecule has 3 heteroatoms. The van der Waals surface area contributed by atoms with E-state index in [2.05, 4.69) is 18.8 Å². The van der Waals surface area contributed by atoms with Crippen molar-refractivity contribution < 1.29 is 0 Å². The van der Waals surface area contributed by atoms with Crippen molar-refractivity contribution in [1.82, 2.24) is 9.55 Å². The van der Waals surface area contributed by atoms with Crippen LogP contribution in [-0.2, 0) is 7.05 Å². The van der Waals surface area contributed by atoms with Crippen molar-refractivity contribution in [2.24, 2.45) is 7.05 Å². The van der Waals surface area contributed by atoms with Gasteiger partial charge in [-0.15, -0.1) is 0 Å². The van der Waals surface area contributed by atoms with E-state index in [1.165, 1.54) is 10.1 Å². The van der Waals surface area contributed by atoms with Gasteiger partial charge in [0, 0.05) is 7.05 Å². The zero-order chi connectivity index (χ0) is 11.0. The minimum Gasteiger partial charge on any atom is -0.302 e. The molecule has 0 saturated carbocycles. The first kappa shape index (κ1) is 9.90. The summed E-state index contributed by atoms with van der Waals surface area (Å²) in [4.78, 5) is 16.0. The number of benzene rings is 1. The Kier molecular flexibility index (Phi) is 2.31. The van der Waals surface area contributed by atoms with Crippen LogP contribution in [0.2, 0.25) is 0 Å². The fourth-order valence-electron chi connectivity index (χ4n) is 1.59. The third-order valence-electron chi connectivity index (χ3n) is 2.61. The molecule has 1 aromatic carbocycles. The first-order chi connectivity index (χ1) is 7.09. The van der Waals surface area contributed by atoms with Crippen LogP contribution in [0.5, 0.6) is 0 Å². The van der Waals surface area contributed by atoms with Crippen molar-refractivity contribution in [3.63, 3.8) is 0 Å². The summed E-state index contributed by atoms with van der Waals surface area (Å²) in [5, 5.41) is 0.685. The highest BCUT2D eigenvalue weighted by Gasteiger charge is 2.04. The molecule has 78 valence electrons. The molecular weight excluding hydrogens is 188 g/mol. The van der Waals surface area contributed by atoms with Gasteiger partial charge in [0.15, 0.2) is 0 Å². The summed E-state index contributed by atoms with van der Waals surface area (Å²) in [6.07, 6.45) is 1.56. The quantitative estimate of drug-likeness (QED) is 0.709. The van der Waals surface area contributed by atoms with Crippen LogP contribution in [0.15, 0.2) is 29.3 Å². The minimum atomic E-state index is 0.00954. The van der Waals surface area contributed by atoms with E-state index in [0.29, 0.717) is 11.3 Å². The second-order valence-electron chi connectivity index (χ2n) is 4.09. The Morgan fingerprint density at radius 3 is 2.73 bits per heavy atom. The van der Waals surface area contributed by atoms with Gasteiger partial charge in [-0.3, -0.25) is 4.79 Å². The van der Waals surface area contributed by atoms with Crippen LogP contribution in [0, 0.1) is 0 Å². The van der Waals surface area contributed by atoms with E-state index in [1.54, 1.807) is 13.4 Å². The Morgan fingerprint density at radius 2 is 2.07 bits per heavy atom. The minimum absolute atomic E-state index is 0.00954. The highest BCUT2D eigenvalue weighted by atomic mass is 16.1. The Hall–Kier alpha value is -1.64. The lowest BCUT2D eigenvalue weighted by Gasteiger charge is -2.06. The predicted octanol–water partition coefficient (Wildman–Crippen LogP) is 2.06. The average Bonchev–Trinajstić information content (AvgIpc) is 2.23. The maximum Gasteiger partial charge on any atom is 0.260 e. The van der Waals surface area contributed by atoms with Gasteiger partial charge in [0.25, 0.3) is 5.56 Å². The van der Waals surface area contributed by atoms with Crippen molar-refractivity contribution in [1.29, 1.82) is 0 Å². The van der Waals surface area contributed by atoms with E-state index in [4.69, 9.17) is 0 Å². The van der Waals surface area contributed by atoms with E-state index < -0.39 is 0 Å². The summed E-state index contributed by atoms with van der Waals surface area (Å²) >= 11 is 0. The van der Waals surface area contributed by atoms with Crippen molar-refractivity contribution in [3.8, 4) is 0 Å². The predicted molar refractivity (Wildman–Crippen MR) is 61.1 cm³/mol. The van der Waals surface area contributed by atoms with E-state index in [9.17, 15) is 4.79 Å². The molecule has 3 nitrogen and oxygen atoms in total. The second kappa shape index (κ2) is 3.50. The molecule has 0 unspecified atom stereocenters. The first-order valence-corrected chi connectivity index (χ1v) is 5.05.